The Labute approximate surface area is 132 Å². The van der Waals surface area contributed by atoms with Gasteiger partial charge in [0.15, 0.2) is 0 Å². The van der Waals surface area contributed by atoms with Crippen molar-refractivity contribution in [2.75, 3.05) is 4.72 Å². The van der Waals surface area contributed by atoms with Crippen molar-refractivity contribution in [3.8, 4) is 0 Å². The minimum atomic E-state index is -4.95. The van der Waals surface area contributed by atoms with Crippen molar-refractivity contribution in [2.45, 2.75) is 17.2 Å². The summed E-state index contributed by atoms with van der Waals surface area (Å²) in [6.45, 7) is 0. The fraction of sp³-hybridized carbons (Fsp3) is 0.154. The minimum Gasteiger partial charge on any atom is -0.278 e. The normalized spacial score (nSPS) is 12.9. The first-order chi connectivity index (χ1) is 10.9. The van der Waals surface area contributed by atoms with Crippen molar-refractivity contribution in [1.82, 2.24) is 4.98 Å². The lowest BCUT2D eigenvalue weighted by molar-refractivity contribution is -0.140. The Morgan fingerprint density at radius 1 is 0.917 bits per heavy atom. The van der Waals surface area contributed by atoms with Gasteiger partial charge >= 0.3 is 12.4 Å². The number of hydrogen-bond acceptors (Lipinski definition) is 3. The maximum Gasteiger partial charge on any atom is 0.417 e. The quantitative estimate of drug-likeness (QED) is 0.834. The van der Waals surface area contributed by atoms with Gasteiger partial charge in [-0.25, -0.2) is 8.42 Å². The average Bonchev–Trinajstić information content (AvgIpc) is 2.45. The Kier molecular flexibility index (Phi) is 4.48. The van der Waals surface area contributed by atoms with E-state index in [1.165, 1.54) is 0 Å². The lowest BCUT2D eigenvalue weighted by Crippen LogP contribution is -2.19. The first-order valence-electron chi connectivity index (χ1n) is 6.12. The number of aromatic nitrogens is 1. The summed E-state index contributed by atoms with van der Waals surface area (Å²) < 4.78 is 102. The third kappa shape index (κ3) is 3.96. The number of sulfonamides is 1. The van der Waals surface area contributed by atoms with E-state index in [2.05, 4.69) is 4.98 Å². The highest BCUT2D eigenvalue weighted by Gasteiger charge is 2.37. The second-order valence-corrected chi connectivity index (χ2v) is 6.21. The van der Waals surface area contributed by atoms with E-state index < -0.39 is 44.1 Å². The summed E-state index contributed by atoms with van der Waals surface area (Å²) in [4.78, 5) is 2.13. The molecule has 1 heterocycles. The third-order valence-corrected chi connectivity index (χ3v) is 4.24. The number of hydrogen-bond donors (Lipinski definition) is 1. The highest BCUT2D eigenvalue weighted by Crippen LogP contribution is 2.35. The van der Waals surface area contributed by atoms with E-state index in [4.69, 9.17) is 0 Å². The van der Waals surface area contributed by atoms with Gasteiger partial charge in [-0.2, -0.15) is 26.3 Å². The van der Waals surface area contributed by atoms with E-state index in [0.29, 0.717) is 24.4 Å². The van der Waals surface area contributed by atoms with E-state index in [1.807, 2.05) is 0 Å². The molecular formula is C13H8F6N2O2S. The van der Waals surface area contributed by atoms with E-state index >= 15 is 0 Å². The summed E-state index contributed by atoms with van der Waals surface area (Å²) in [5, 5.41) is 0. The van der Waals surface area contributed by atoms with Gasteiger partial charge in [-0.15, -0.1) is 0 Å². The molecule has 0 spiro atoms. The molecule has 11 heteroatoms. The number of nitrogens with one attached hydrogen (secondary N) is 1. The number of halogens is 6. The number of alkyl halides is 6. The molecule has 1 aromatic heterocycles. The highest BCUT2D eigenvalue weighted by atomic mass is 32.2. The zero-order valence-electron chi connectivity index (χ0n) is 11.5. The number of benzene rings is 1. The largest absolute Gasteiger partial charge is 0.417 e. The van der Waals surface area contributed by atoms with Crippen molar-refractivity contribution in [2.24, 2.45) is 0 Å². The third-order valence-electron chi connectivity index (χ3n) is 2.80. The number of anilines is 1. The van der Waals surface area contributed by atoms with Crippen molar-refractivity contribution < 1.29 is 34.8 Å². The smallest absolute Gasteiger partial charge is 0.278 e. The topological polar surface area (TPSA) is 59.1 Å². The van der Waals surface area contributed by atoms with Gasteiger partial charge in [0.05, 0.1) is 27.9 Å². The number of nitrogens with zero attached hydrogens (tertiary/aromatic N) is 1. The van der Waals surface area contributed by atoms with Gasteiger partial charge in [0.2, 0.25) is 0 Å². The van der Waals surface area contributed by atoms with Crippen LogP contribution in [0.15, 0.2) is 47.6 Å². The maximum absolute atomic E-state index is 12.9. The van der Waals surface area contributed by atoms with E-state index in [1.54, 1.807) is 4.72 Å². The zero-order valence-corrected chi connectivity index (χ0v) is 12.3. The fourth-order valence-electron chi connectivity index (χ4n) is 1.80. The van der Waals surface area contributed by atoms with Gasteiger partial charge in [-0.05, 0) is 18.2 Å². The molecule has 0 fully saturated rings. The zero-order chi connectivity index (χ0) is 18.2. The second kappa shape index (κ2) is 5.96. The molecular weight excluding hydrogens is 362 g/mol. The van der Waals surface area contributed by atoms with Crippen LogP contribution in [0.2, 0.25) is 0 Å². The molecule has 1 N–H and O–H groups in total. The van der Waals surface area contributed by atoms with Gasteiger partial charge in [0, 0.05) is 6.20 Å². The van der Waals surface area contributed by atoms with Crippen LogP contribution in [0.25, 0.3) is 0 Å². The molecule has 0 saturated carbocycles. The molecule has 0 aliphatic carbocycles. The molecule has 0 atom stereocenters. The summed E-state index contributed by atoms with van der Waals surface area (Å²) in [5.74, 6) is 0. The Morgan fingerprint density at radius 3 is 2.12 bits per heavy atom. The SMILES string of the molecule is O=S(=O)(Nc1cncc(C(F)(F)F)c1)c1ccccc1C(F)(F)F. The number of rotatable bonds is 3. The first kappa shape index (κ1) is 18.0. The van der Waals surface area contributed by atoms with Crippen molar-refractivity contribution in [3.63, 3.8) is 0 Å². The van der Waals surface area contributed by atoms with Gasteiger partial charge in [0.25, 0.3) is 10.0 Å². The van der Waals surface area contributed by atoms with Crippen LogP contribution in [0.5, 0.6) is 0 Å². The monoisotopic (exact) mass is 370 g/mol. The van der Waals surface area contributed by atoms with Crippen LogP contribution in [-0.2, 0) is 22.4 Å². The lowest BCUT2D eigenvalue weighted by atomic mass is 10.2. The van der Waals surface area contributed by atoms with Crippen LogP contribution in [0.3, 0.4) is 0 Å². The number of pyridine rings is 1. The Balaban J connectivity index is 2.44. The van der Waals surface area contributed by atoms with Crippen LogP contribution >= 0.6 is 0 Å². The standard InChI is InChI=1S/C13H8F6N2O2S/c14-12(15,16)8-5-9(7-20-6-8)21-24(22,23)11-4-2-1-3-10(11)13(17,18)19/h1-7,21H. The fourth-order valence-corrected chi connectivity index (χ4v) is 3.06. The molecule has 0 unspecified atom stereocenters. The second-order valence-electron chi connectivity index (χ2n) is 4.56. The molecule has 0 aliphatic rings. The Hall–Kier alpha value is -2.30. The summed E-state index contributed by atoms with van der Waals surface area (Å²) in [6, 6.07) is 3.74. The van der Waals surface area contributed by atoms with Gasteiger partial charge in [-0.1, -0.05) is 12.1 Å². The van der Waals surface area contributed by atoms with Crippen LogP contribution < -0.4 is 4.72 Å². The van der Waals surface area contributed by atoms with E-state index in [-0.39, 0.29) is 0 Å². The Morgan fingerprint density at radius 2 is 1.54 bits per heavy atom. The van der Waals surface area contributed by atoms with Gasteiger partial charge in [-0.3, -0.25) is 9.71 Å². The van der Waals surface area contributed by atoms with Crippen molar-refractivity contribution >= 4 is 15.7 Å². The van der Waals surface area contributed by atoms with Crippen LogP contribution in [0, 0.1) is 0 Å². The van der Waals surface area contributed by atoms with Gasteiger partial charge in [0.1, 0.15) is 0 Å². The maximum atomic E-state index is 12.9. The molecule has 0 bridgehead atoms. The van der Waals surface area contributed by atoms with Crippen molar-refractivity contribution in [1.29, 1.82) is 0 Å². The van der Waals surface area contributed by atoms with Crippen LogP contribution in [0.1, 0.15) is 11.1 Å². The molecule has 0 saturated heterocycles. The highest BCUT2D eigenvalue weighted by molar-refractivity contribution is 7.92. The molecule has 4 nitrogen and oxygen atoms in total. The summed E-state index contributed by atoms with van der Waals surface area (Å²) in [5.41, 5.74) is -3.29. The van der Waals surface area contributed by atoms with Crippen LogP contribution in [-0.4, -0.2) is 13.4 Å². The molecule has 0 radical (unpaired) electrons. The molecule has 130 valence electrons. The van der Waals surface area contributed by atoms with Gasteiger partial charge < -0.3 is 0 Å². The van der Waals surface area contributed by atoms with Crippen molar-refractivity contribution in [3.05, 3.63) is 53.9 Å². The molecule has 0 aliphatic heterocycles. The van der Waals surface area contributed by atoms with E-state index in [9.17, 15) is 34.8 Å². The molecule has 2 aromatic rings. The predicted octanol–water partition coefficient (Wildman–Crippen LogP) is 3.92. The van der Waals surface area contributed by atoms with Crippen LogP contribution in [0.4, 0.5) is 32.0 Å². The lowest BCUT2D eigenvalue weighted by Gasteiger charge is -2.14. The molecule has 1 aromatic carbocycles. The first-order valence-corrected chi connectivity index (χ1v) is 7.61. The average molecular weight is 370 g/mol. The Bertz CT molecular complexity index is 846. The predicted molar refractivity (Wildman–Crippen MR) is 71.5 cm³/mol. The summed E-state index contributed by atoms with van der Waals surface area (Å²) >= 11 is 0. The van der Waals surface area contributed by atoms with E-state index in [0.717, 1.165) is 18.3 Å². The molecule has 24 heavy (non-hydrogen) atoms. The summed E-state index contributed by atoms with van der Waals surface area (Å²) in [7, 11) is -4.77. The molecule has 2 rings (SSSR count). The summed E-state index contributed by atoms with van der Waals surface area (Å²) in [6.07, 6.45) is -8.51. The molecule has 0 amide bonds. The minimum absolute atomic E-state index is 0.431.